The van der Waals surface area contributed by atoms with E-state index in [9.17, 15) is 17.2 Å². The van der Waals surface area contributed by atoms with Gasteiger partial charge in [-0.1, -0.05) is 68.4 Å². The van der Waals surface area contributed by atoms with Crippen LogP contribution in [0, 0.1) is 0 Å². The Morgan fingerprint density at radius 1 is 0.875 bits per heavy atom. The van der Waals surface area contributed by atoms with E-state index in [1.165, 1.54) is 0 Å². The Labute approximate surface area is 189 Å². The third-order valence-corrected chi connectivity index (χ3v) is 5.91. The minimum atomic E-state index is -4.14. The highest BCUT2D eigenvalue weighted by molar-refractivity contribution is 7.85. The largest absolute Gasteiger partial charge is 0.412 e. The maximum Gasteiger partial charge on any atom is 0.269 e. The minimum absolute atomic E-state index is 0. The first-order valence-electron chi connectivity index (χ1n) is 9.73. The van der Waals surface area contributed by atoms with Gasteiger partial charge in [-0.15, -0.1) is 0 Å². The third-order valence-electron chi connectivity index (χ3n) is 4.63. The molecule has 0 fully saturated rings. The smallest absolute Gasteiger partial charge is 0.269 e. The van der Waals surface area contributed by atoms with E-state index in [1.54, 1.807) is 30.3 Å². The molecule has 0 bridgehead atoms. The lowest BCUT2D eigenvalue weighted by molar-refractivity contribution is 0.482. The van der Waals surface area contributed by atoms with Crippen LogP contribution in [0.25, 0.3) is 32.9 Å². The standard InChI is InChI=1S/C21H17NO5S2.C2H6.H2O/c23-28(24)12-14-5-8-16(9-6-14)21-18-10-7-15(13-29(25,26)27)11-19(18)17-3-1-2-4-20(17)22-21;1-2;/h1-11H,12-13H2,(H,23,24)(H,25,26,27);1-2H3;1H2. The molecule has 1 unspecified atom stereocenters. The lowest BCUT2D eigenvalue weighted by Gasteiger charge is -2.12. The van der Waals surface area contributed by atoms with Crippen LogP contribution in [0.1, 0.15) is 25.0 Å². The van der Waals surface area contributed by atoms with Gasteiger partial charge in [-0.3, -0.25) is 4.55 Å². The van der Waals surface area contributed by atoms with Crippen LogP contribution in [-0.4, -0.2) is 32.2 Å². The van der Waals surface area contributed by atoms with Crippen molar-refractivity contribution in [2.75, 3.05) is 0 Å². The molecule has 0 aliphatic carbocycles. The first kappa shape index (κ1) is 25.6. The highest BCUT2D eigenvalue weighted by Crippen LogP contribution is 2.33. The van der Waals surface area contributed by atoms with Gasteiger partial charge in [0, 0.05) is 16.3 Å². The van der Waals surface area contributed by atoms with Crippen LogP contribution in [0.4, 0.5) is 0 Å². The number of pyridine rings is 1. The number of hydrogen-bond acceptors (Lipinski definition) is 4. The van der Waals surface area contributed by atoms with Gasteiger partial charge in [0.05, 0.1) is 17.0 Å². The van der Waals surface area contributed by atoms with Gasteiger partial charge in [-0.25, -0.2) is 9.19 Å². The Balaban J connectivity index is 0.00000118. The number of fused-ring (bicyclic) bond motifs is 3. The fourth-order valence-electron chi connectivity index (χ4n) is 3.42. The van der Waals surface area contributed by atoms with Crippen molar-refractivity contribution in [2.45, 2.75) is 25.4 Å². The topological polar surface area (TPSA) is 136 Å². The van der Waals surface area contributed by atoms with Crippen molar-refractivity contribution < 1.29 is 27.2 Å². The van der Waals surface area contributed by atoms with Crippen molar-refractivity contribution in [3.8, 4) is 11.3 Å². The van der Waals surface area contributed by atoms with E-state index in [0.717, 1.165) is 38.5 Å². The van der Waals surface area contributed by atoms with Crippen LogP contribution >= 0.6 is 0 Å². The van der Waals surface area contributed by atoms with E-state index in [2.05, 4.69) is 0 Å². The van der Waals surface area contributed by atoms with Gasteiger partial charge >= 0.3 is 0 Å². The molecule has 0 aliphatic heterocycles. The van der Waals surface area contributed by atoms with Crippen molar-refractivity contribution >= 4 is 42.9 Å². The molecule has 7 nitrogen and oxygen atoms in total. The monoisotopic (exact) mass is 475 g/mol. The molecule has 0 radical (unpaired) electrons. The van der Waals surface area contributed by atoms with E-state index in [-0.39, 0.29) is 11.2 Å². The molecule has 1 heterocycles. The molecule has 0 spiro atoms. The molecule has 4 rings (SSSR count). The van der Waals surface area contributed by atoms with Crippen molar-refractivity contribution in [1.82, 2.24) is 4.98 Å². The summed E-state index contributed by atoms with van der Waals surface area (Å²) in [5, 5.41) is 2.57. The normalized spacial score (nSPS) is 12.0. The molecule has 4 N–H and O–H groups in total. The highest BCUT2D eigenvalue weighted by Gasteiger charge is 2.13. The second-order valence-electron chi connectivity index (χ2n) is 6.75. The van der Waals surface area contributed by atoms with Crippen molar-refractivity contribution in [3.63, 3.8) is 0 Å². The van der Waals surface area contributed by atoms with Gasteiger partial charge < -0.3 is 10.0 Å². The summed E-state index contributed by atoms with van der Waals surface area (Å²) in [5.74, 6) is -0.396. The summed E-state index contributed by atoms with van der Waals surface area (Å²) < 4.78 is 51.9. The molecule has 9 heteroatoms. The van der Waals surface area contributed by atoms with E-state index < -0.39 is 27.0 Å². The molecule has 0 saturated heterocycles. The van der Waals surface area contributed by atoms with Crippen molar-refractivity contribution in [3.05, 3.63) is 77.9 Å². The van der Waals surface area contributed by atoms with E-state index in [1.807, 2.05) is 50.2 Å². The molecule has 32 heavy (non-hydrogen) atoms. The second-order valence-corrected chi connectivity index (χ2v) is 9.13. The van der Waals surface area contributed by atoms with Crippen molar-refractivity contribution in [1.29, 1.82) is 0 Å². The maximum atomic E-state index is 11.3. The van der Waals surface area contributed by atoms with Gasteiger partial charge in [0.1, 0.15) is 5.75 Å². The fourth-order valence-corrected chi connectivity index (χ4v) is 4.50. The van der Waals surface area contributed by atoms with E-state index in [0.29, 0.717) is 5.56 Å². The van der Waals surface area contributed by atoms with E-state index >= 15 is 0 Å². The lowest BCUT2D eigenvalue weighted by atomic mass is 9.98. The molecule has 0 aliphatic rings. The number of aromatic nitrogens is 1. The Bertz CT molecular complexity index is 1350. The van der Waals surface area contributed by atoms with Gasteiger partial charge in [0.2, 0.25) is 0 Å². The molecule has 1 atom stereocenters. The third kappa shape index (κ3) is 5.96. The minimum Gasteiger partial charge on any atom is -0.412 e. The Hall–Kier alpha value is -2.69. The predicted octanol–water partition coefficient (Wildman–Crippen LogP) is 4.37. The SMILES string of the molecule is CC.O.O=S(O)Cc1ccc(-c2nc3ccccc3c3cc(CS(=O)(=O)O)ccc23)cc1. The Morgan fingerprint density at radius 3 is 2.12 bits per heavy atom. The Morgan fingerprint density at radius 2 is 1.50 bits per heavy atom. The van der Waals surface area contributed by atoms with Crippen LogP contribution in [0.2, 0.25) is 0 Å². The molecular formula is C23H25NO6S2. The Kier molecular flexibility index (Phi) is 8.59. The first-order valence-corrected chi connectivity index (χ1v) is 12.6. The van der Waals surface area contributed by atoms with Crippen LogP contribution in [0.3, 0.4) is 0 Å². The van der Waals surface area contributed by atoms with E-state index in [4.69, 9.17) is 9.54 Å². The molecule has 3 aromatic carbocycles. The summed E-state index contributed by atoms with van der Waals surface area (Å²) in [7, 11) is -4.14. The first-order chi connectivity index (χ1) is 14.8. The predicted molar refractivity (Wildman–Crippen MR) is 129 cm³/mol. The molecule has 170 valence electrons. The average molecular weight is 476 g/mol. The summed E-state index contributed by atoms with van der Waals surface area (Å²) in [5.41, 5.74) is 3.57. The number of rotatable bonds is 5. The van der Waals surface area contributed by atoms with Gasteiger partial charge in [0.25, 0.3) is 10.1 Å². The lowest BCUT2D eigenvalue weighted by Crippen LogP contribution is -2.01. The van der Waals surface area contributed by atoms with Crippen LogP contribution in [-0.2, 0) is 32.7 Å². The summed E-state index contributed by atoms with van der Waals surface area (Å²) in [4.78, 5) is 4.79. The molecular weight excluding hydrogens is 450 g/mol. The summed E-state index contributed by atoms with van der Waals surface area (Å²) >= 11 is -1.90. The van der Waals surface area contributed by atoms with Gasteiger partial charge in [-0.2, -0.15) is 8.42 Å². The highest BCUT2D eigenvalue weighted by atomic mass is 32.2. The number of para-hydroxylation sites is 1. The van der Waals surface area contributed by atoms with Crippen LogP contribution in [0.15, 0.2) is 66.7 Å². The summed E-state index contributed by atoms with van der Waals surface area (Å²) in [6.07, 6.45) is 0. The average Bonchev–Trinajstić information content (AvgIpc) is 2.73. The summed E-state index contributed by atoms with van der Waals surface area (Å²) in [6, 6.07) is 20.1. The van der Waals surface area contributed by atoms with Crippen LogP contribution < -0.4 is 0 Å². The van der Waals surface area contributed by atoms with Gasteiger partial charge in [0.15, 0.2) is 11.1 Å². The number of hydrogen-bond donors (Lipinski definition) is 2. The quantitative estimate of drug-likeness (QED) is 0.250. The zero-order chi connectivity index (χ0) is 22.6. The molecule has 4 aromatic rings. The molecule has 0 saturated carbocycles. The zero-order valence-corrected chi connectivity index (χ0v) is 19.3. The van der Waals surface area contributed by atoms with Crippen LogP contribution in [0.5, 0.6) is 0 Å². The fraction of sp³-hybridized carbons (Fsp3) is 0.174. The second kappa shape index (κ2) is 10.8. The van der Waals surface area contributed by atoms with Crippen molar-refractivity contribution in [2.24, 2.45) is 0 Å². The number of benzene rings is 3. The summed E-state index contributed by atoms with van der Waals surface area (Å²) in [6.45, 7) is 4.00. The molecule has 0 amide bonds. The number of nitrogens with zero attached hydrogens (tertiary/aromatic N) is 1. The van der Waals surface area contributed by atoms with Gasteiger partial charge in [-0.05, 0) is 28.6 Å². The maximum absolute atomic E-state index is 11.3. The zero-order valence-electron chi connectivity index (χ0n) is 17.6. The molecule has 1 aromatic heterocycles.